The minimum absolute atomic E-state index is 0. The zero-order valence-corrected chi connectivity index (χ0v) is 49.0. The largest absolute Gasteiger partial charge is 0.501 e. The van der Waals surface area contributed by atoms with Gasteiger partial charge in [0.15, 0.2) is 0 Å². The van der Waals surface area contributed by atoms with Crippen LogP contribution in [-0.4, -0.2) is 14.5 Å². The number of rotatable bonds is 9. The van der Waals surface area contributed by atoms with Crippen molar-refractivity contribution in [3.63, 3.8) is 0 Å². The van der Waals surface area contributed by atoms with Gasteiger partial charge in [-0.2, -0.15) is 0 Å². The number of furan rings is 1. The summed E-state index contributed by atoms with van der Waals surface area (Å²) >= 11 is 1.89. The number of hydrogen-bond acceptors (Lipinski definition) is 4. The molecule has 0 bridgehead atoms. The standard InChI is InChI=1S/C43H35N2O.C29H28NS.Ir/c1-27(2)36-24-32(30-16-9-6-10-17-30)25-37(28(3)4)41(36)45-39-21-12-11-20-38(39)44-43(45)35-19-13-18-34-33-23-22-31(26-40(33)46-42(34)35)29-14-7-5-8-15-29;1-18(2)15-20-10-8-12-23-24-13-14-30-26(28(24)31-27(20)23)21-16-19-9-6-7-11-22(19)25(17-21)29(3,4)5;/h5-18,20-28H,1-4H3;6-14,17-18H,15H2,1-5H3;/q2*-1;. The van der Waals surface area contributed by atoms with Gasteiger partial charge in [-0.15, -0.1) is 58.7 Å². The molecule has 0 amide bonds. The summed E-state index contributed by atoms with van der Waals surface area (Å²) < 4.78 is 11.8. The maximum atomic E-state index is 6.73. The molecule has 9 aromatic carbocycles. The van der Waals surface area contributed by atoms with Crippen LogP contribution >= 0.6 is 11.3 Å². The van der Waals surface area contributed by atoms with Gasteiger partial charge in [-0.1, -0.05) is 206 Å². The molecule has 13 rings (SSSR count). The first-order valence-corrected chi connectivity index (χ1v) is 28.0. The van der Waals surface area contributed by atoms with E-state index in [4.69, 9.17) is 14.4 Å². The first kappa shape index (κ1) is 52.6. The molecule has 0 fully saturated rings. The number of para-hydroxylation sites is 2. The molecule has 0 aliphatic rings. The van der Waals surface area contributed by atoms with Crippen molar-refractivity contribution in [2.24, 2.45) is 5.92 Å². The Hall–Kier alpha value is -7.47. The maximum Gasteiger partial charge on any atom is 0.121 e. The Morgan fingerprint density at radius 3 is 1.95 bits per heavy atom. The van der Waals surface area contributed by atoms with Crippen LogP contribution in [0.3, 0.4) is 0 Å². The first-order chi connectivity index (χ1) is 37.3. The van der Waals surface area contributed by atoms with Crippen LogP contribution in [0.4, 0.5) is 0 Å². The fourth-order valence-electron chi connectivity index (χ4n) is 11.3. The Balaban J connectivity index is 0.000000176. The van der Waals surface area contributed by atoms with Gasteiger partial charge in [0, 0.05) is 57.9 Å². The fraction of sp³-hybridized carbons (Fsp3) is 0.194. The van der Waals surface area contributed by atoms with Crippen molar-refractivity contribution < 1.29 is 24.5 Å². The van der Waals surface area contributed by atoms with E-state index in [2.05, 4.69) is 249 Å². The summed E-state index contributed by atoms with van der Waals surface area (Å²) in [6, 6.07) is 72.0. The van der Waals surface area contributed by atoms with E-state index in [-0.39, 0.29) is 37.4 Å². The van der Waals surface area contributed by atoms with Gasteiger partial charge in [0.25, 0.3) is 0 Å². The predicted octanol–water partition coefficient (Wildman–Crippen LogP) is 20.5. The Kier molecular flexibility index (Phi) is 14.4. The van der Waals surface area contributed by atoms with Gasteiger partial charge in [-0.3, -0.25) is 9.97 Å². The van der Waals surface area contributed by atoms with Gasteiger partial charge in [0.2, 0.25) is 0 Å². The van der Waals surface area contributed by atoms with Crippen molar-refractivity contribution in [2.75, 3.05) is 0 Å². The van der Waals surface area contributed by atoms with E-state index in [1.165, 1.54) is 70.2 Å². The number of hydrogen-bond donors (Lipinski definition) is 0. The quantitative estimate of drug-likeness (QED) is 0.135. The van der Waals surface area contributed by atoms with Crippen molar-refractivity contribution in [1.29, 1.82) is 0 Å². The van der Waals surface area contributed by atoms with E-state index < -0.39 is 0 Å². The second kappa shape index (κ2) is 21.4. The minimum atomic E-state index is 0. The zero-order chi connectivity index (χ0) is 53.1. The number of imidazole rings is 1. The van der Waals surface area contributed by atoms with E-state index in [1.807, 2.05) is 29.7 Å². The summed E-state index contributed by atoms with van der Waals surface area (Å²) in [7, 11) is 0. The molecule has 389 valence electrons. The van der Waals surface area contributed by atoms with E-state index in [0.29, 0.717) is 5.92 Å². The molecule has 1 radical (unpaired) electrons. The van der Waals surface area contributed by atoms with Crippen LogP contribution in [0.2, 0.25) is 0 Å². The number of pyridine rings is 1. The van der Waals surface area contributed by atoms with Gasteiger partial charge in [-0.25, -0.2) is 0 Å². The van der Waals surface area contributed by atoms with Crippen molar-refractivity contribution >= 4 is 75.3 Å². The number of nitrogens with zero attached hydrogens (tertiary/aromatic N) is 3. The van der Waals surface area contributed by atoms with Crippen molar-refractivity contribution in [2.45, 2.75) is 86.0 Å². The van der Waals surface area contributed by atoms with Gasteiger partial charge >= 0.3 is 0 Å². The Morgan fingerprint density at radius 2 is 1.24 bits per heavy atom. The third-order valence-electron chi connectivity index (χ3n) is 15.0. The average molecular weight is 1210 g/mol. The molecule has 0 atom stereocenters. The van der Waals surface area contributed by atoms with Gasteiger partial charge in [0.05, 0.1) is 22.4 Å². The van der Waals surface area contributed by atoms with Gasteiger partial charge < -0.3 is 8.98 Å². The number of aromatic nitrogens is 3. The van der Waals surface area contributed by atoms with Gasteiger partial charge in [-0.05, 0) is 110 Å². The molecule has 0 saturated heterocycles. The van der Waals surface area contributed by atoms with E-state index in [1.54, 1.807) is 0 Å². The third kappa shape index (κ3) is 9.70. The monoisotopic (exact) mass is 1210 g/mol. The molecule has 0 spiro atoms. The molecule has 0 N–H and O–H groups in total. The fourth-order valence-corrected chi connectivity index (χ4v) is 12.6. The molecule has 4 aromatic heterocycles. The second-order valence-corrected chi connectivity index (χ2v) is 23.7. The molecule has 0 unspecified atom stereocenters. The Labute approximate surface area is 476 Å². The summed E-state index contributed by atoms with van der Waals surface area (Å²) in [6.45, 7) is 20.6. The average Bonchev–Trinajstić information content (AvgIpc) is 4.15. The van der Waals surface area contributed by atoms with E-state index in [0.717, 1.165) is 73.0 Å². The smallest absolute Gasteiger partial charge is 0.121 e. The van der Waals surface area contributed by atoms with Gasteiger partial charge in [0.1, 0.15) is 5.58 Å². The van der Waals surface area contributed by atoms with Crippen LogP contribution < -0.4 is 0 Å². The van der Waals surface area contributed by atoms with Crippen LogP contribution in [0.1, 0.15) is 96.4 Å². The normalized spacial score (nSPS) is 11.9. The first-order valence-electron chi connectivity index (χ1n) is 27.2. The SMILES string of the molecule is CC(C)Cc1cccc2c1sc1c(-c3[c-]c4ccccc4c(C(C)(C)C)c3)nccc12.CC(C)c1cc(-c2ccccc2)cc(C(C)C)c1-n1c(-c2[c-]ccc3c2oc2cc(-c4ccccc4)ccc23)nc2ccccc21.[Ir]. The van der Waals surface area contributed by atoms with Crippen molar-refractivity contribution in [3.8, 4) is 50.6 Å². The number of benzene rings is 9. The van der Waals surface area contributed by atoms with Crippen molar-refractivity contribution in [1.82, 2.24) is 14.5 Å². The minimum Gasteiger partial charge on any atom is -0.501 e. The van der Waals surface area contributed by atoms with Crippen LogP contribution in [0, 0.1) is 18.1 Å². The molecular formula is C72H63IrN3OS-2. The summed E-state index contributed by atoms with van der Waals surface area (Å²) in [5.74, 6) is 2.04. The molecule has 0 saturated carbocycles. The summed E-state index contributed by atoms with van der Waals surface area (Å²) in [5.41, 5.74) is 18.0. The van der Waals surface area contributed by atoms with Crippen LogP contribution in [0.5, 0.6) is 0 Å². The van der Waals surface area contributed by atoms with Crippen molar-refractivity contribution in [3.05, 3.63) is 223 Å². The molecule has 0 aliphatic heterocycles. The van der Waals surface area contributed by atoms with E-state index in [9.17, 15) is 0 Å². The zero-order valence-electron chi connectivity index (χ0n) is 45.8. The molecule has 6 heteroatoms. The molecule has 4 nitrogen and oxygen atoms in total. The van der Waals surface area contributed by atoms with Crippen LogP contribution in [0.15, 0.2) is 193 Å². The molecule has 78 heavy (non-hydrogen) atoms. The maximum absolute atomic E-state index is 6.73. The molecule has 13 aromatic rings. The van der Waals surface area contributed by atoms with E-state index >= 15 is 0 Å². The Morgan fingerprint density at radius 1 is 0.590 bits per heavy atom. The summed E-state index contributed by atoms with van der Waals surface area (Å²) in [4.78, 5) is 10.2. The number of thiophene rings is 1. The van der Waals surface area contributed by atoms with Crippen LogP contribution in [-0.2, 0) is 31.9 Å². The summed E-state index contributed by atoms with van der Waals surface area (Å²) in [6.07, 6.45) is 3.06. The number of fused-ring (bicyclic) bond motifs is 8. The summed E-state index contributed by atoms with van der Waals surface area (Å²) in [5, 5.41) is 7.24. The Bertz CT molecular complexity index is 4300. The third-order valence-corrected chi connectivity index (χ3v) is 16.3. The molecule has 0 aliphatic carbocycles. The molecular weight excluding hydrogens is 1150 g/mol. The molecule has 4 heterocycles. The van der Waals surface area contributed by atoms with Crippen LogP contribution in [0.25, 0.3) is 115 Å². The second-order valence-electron chi connectivity index (χ2n) is 22.6. The topological polar surface area (TPSA) is 43.9 Å². The predicted molar refractivity (Wildman–Crippen MR) is 328 cm³/mol.